The Morgan fingerprint density at radius 1 is 1.14 bits per heavy atom. The Morgan fingerprint density at radius 2 is 1.71 bits per heavy atom. The molecule has 0 aromatic heterocycles. The fourth-order valence-electron chi connectivity index (χ4n) is 1.44. The molecule has 0 aliphatic heterocycles. The van der Waals surface area contributed by atoms with Crippen molar-refractivity contribution in [3.8, 4) is 0 Å². The predicted octanol–water partition coefficient (Wildman–Crippen LogP) is 1.37. The summed E-state index contributed by atoms with van der Waals surface area (Å²) in [5.41, 5.74) is 0.982. The molecular weight excluding hydrogens is 178 g/mol. The summed E-state index contributed by atoms with van der Waals surface area (Å²) in [6.07, 6.45) is 0. The van der Waals surface area contributed by atoms with E-state index in [-0.39, 0.29) is 0 Å². The Labute approximate surface area is 85.0 Å². The summed E-state index contributed by atoms with van der Waals surface area (Å²) in [7, 11) is 5.00. The minimum atomic E-state index is -0.740. The van der Waals surface area contributed by atoms with Gasteiger partial charge in [0.05, 0.1) is 6.54 Å². The SMILES string of the molecule is C[N]CC(OC)(OC)c1ccccc1. The zero-order valence-corrected chi connectivity index (χ0v) is 8.86. The molecule has 1 radical (unpaired) electrons. The normalized spacial score (nSPS) is 11.6. The third-order valence-electron chi connectivity index (χ3n) is 2.24. The summed E-state index contributed by atoms with van der Waals surface area (Å²) >= 11 is 0. The maximum absolute atomic E-state index is 5.40. The van der Waals surface area contributed by atoms with Gasteiger partial charge in [0.2, 0.25) is 5.79 Å². The van der Waals surface area contributed by atoms with Gasteiger partial charge in [-0.05, 0) is 0 Å². The first-order chi connectivity index (χ1) is 6.79. The third kappa shape index (κ3) is 2.12. The van der Waals surface area contributed by atoms with Crippen LogP contribution in [0.1, 0.15) is 5.56 Å². The number of hydrogen-bond acceptors (Lipinski definition) is 2. The van der Waals surface area contributed by atoms with E-state index in [9.17, 15) is 0 Å². The molecule has 1 rings (SSSR count). The van der Waals surface area contributed by atoms with Crippen LogP contribution in [0.3, 0.4) is 0 Å². The van der Waals surface area contributed by atoms with Crippen LogP contribution in [0.15, 0.2) is 30.3 Å². The minimum Gasteiger partial charge on any atom is -0.348 e. The molecule has 0 N–H and O–H groups in total. The molecule has 0 spiro atoms. The van der Waals surface area contributed by atoms with Gasteiger partial charge in [-0.25, -0.2) is 5.32 Å². The fraction of sp³-hybridized carbons (Fsp3) is 0.455. The van der Waals surface area contributed by atoms with Gasteiger partial charge in [0.15, 0.2) is 0 Å². The van der Waals surface area contributed by atoms with Crippen molar-refractivity contribution in [3.05, 3.63) is 35.9 Å². The number of ether oxygens (including phenoxy) is 2. The number of nitrogens with zero attached hydrogens (tertiary/aromatic N) is 1. The van der Waals surface area contributed by atoms with Gasteiger partial charge in [-0.1, -0.05) is 30.3 Å². The predicted molar refractivity (Wildman–Crippen MR) is 55.1 cm³/mol. The van der Waals surface area contributed by atoms with Gasteiger partial charge in [0.25, 0.3) is 0 Å². The lowest BCUT2D eigenvalue weighted by Crippen LogP contribution is -2.38. The molecular formula is C11H16NO2. The van der Waals surface area contributed by atoms with Crippen molar-refractivity contribution in [1.82, 2.24) is 5.32 Å². The van der Waals surface area contributed by atoms with Crippen LogP contribution in [0.2, 0.25) is 0 Å². The number of rotatable bonds is 5. The van der Waals surface area contributed by atoms with E-state index in [2.05, 4.69) is 5.32 Å². The lowest BCUT2D eigenvalue weighted by molar-refractivity contribution is -0.211. The molecule has 3 heteroatoms. The summed E-state index contributed by atoms with van der Waals surface area (Å²) in [4.78, 5) is 0. The molecule has 0 heterocycles. The zero-order valence-electron chi connectivity index (χ0n) is 8.86. The Hall–Kier alpha value is -0.900. The molecule has 3 nitrogen and oxygen atoms in total. The van der Waals surface area contributed by atoms with Gasteiger partial charge in [0, 0.05) is 26.8 Å². The van der Waals surface area contributed by atoms with E-state index in [0.717, 1.165) is 5.56 Å². The third-order valence-corrected chi connectivity index (χ3v) is 2.24. The summed E-state index contributed by atoms with van der Waals surface area (Å²) in [5.74, 6) is -0.740. The van der Waals surface area contributed by atoms with Crippen LogP contribution in [0.25, 0.3) is 0 Å². The minimum absolute atomic E-state index is 0.490. The largest absolute Gasteiger partial charge is 0.348 e. The molecule has 1 aromatic rings. The molecule has 77 valence electrons. The second-order valence-electron chi connectivity index (χ2n) is 3.00. The fourth-order valence-corrected chi connectivity index (χ4v) is 1.44. The van der Waals surface area contributed by atoms with Crippen molar-refractivity contribution in [2.45, 2.75) is 5.79 Å². The number of benzene rings is 1. The van der Waals surface area contributed by atoms with Crippen molar-refractivity contribution in [3.63, 3.8) is 0 Å². The Kier molecular flexibility index (Phi) is 4.07. The van der Waals surface area contributed by atoms with Gasteiger partial charge in [-0.2, -0.15) is 0 Å². The Bertz CT molecular complexity index is 257. The topological polar surface area (TPSA) is 32.6 Å². The molecule has 0 atom stereocenters. The van der Waals surface area contributed by atoms with E-state index in [4.69, 9.17) is 9.47 Å². The standard InChI is InChI=1S/C11H16NO2/c1-12-9-11(13-2,14-3)10-7-5-4-6-8-10/h4-8H,9H2,1-3H3. The number of hydrogen-bond donors (Lipinski definition) is 0. The Morgan fingerprint density at radius 3 is 2.14 bits per heavy atom. The van der Waals surface area contributed by atoms with E-state index < -0.39 is 5.79 Å². The summed E-state index contributed by atoms with van der Waals surface area (Å²) in [6.45, 7) is 0.490. The molecule has 0 saturated heterocycles. The average molecular weight is 194 g/mol. The smallest absolute Gasteiger partial charge is 0.208 e. The number of methoxy groups -OCH3 is 2. The van der Waals surface area contributed by atoms with Gasteiger partial charge < -0.3 is 9.47 Å². The molecule has 1 aromatic carbocycles. The van der Waals surface area contributed by atoms with E-state index in [1.54, 1.807) is 21.3 Å². The van der Waals surface area contributed by atoms with Crippen molar-refractivity contribution in [2.75, 3.05) is 27.8 Å². The summed E-state index contributed by atoms with van der Waals surface area (Å²) < 4.78 is 10.8. The van der Waals surface area contributed by atoms with Crippen LogP contribution >= 0.6 is 0 Å². The molecule has 0 saturated carbocycles. The Balaban J connectivity index is 2.98. The second kappa shape index (κ2) is 5.10. The van der Waals surface area contributed by atoms with Crippen molar-refractivity contribution >= 4 is 0 Å². The van der Waals surface area contributed by atoms with E-state index >= 15 is 0 Å². The monoisotopic (exact) mass is 194 g/mol. The van der Waals surface area contributed by atoms with Gasteiger partial charge in [-0.15, -0.1) is 0 Å². The maximum Gasteiger partial charge on any atom is 0.208 e. The quantitative estimate of drug-likeness (QED) is 0.663. The molecule has 0 aliphatic carbocycles. The lowest BCUT2D eigenvalue weighted by atomic mass is 10.1. The van der Waals surface area contributed by atoms with Crippen molar-refractivity contribution < 1.29 is 9.47 Å². The second-order valence-corrected chi connectivity index (χ2v) is 3.00. The van der Waals surface area contributed by atoms with Gasteiger partial charge in [-0.3, -0.25) is 0 Å². The van der Waals surface area contributed by atoms with Crippen LogP contribution in [0.4, 0.5) is 0 Å². The van der Waals surface area contributed by atoms with E-state index in [1.807, 2.05) is 30.3 Å². The highest BCUT2D eigenvalue weighted by atomic mass is 16.7. The first-order valence-electron chi connectivity index (χ1n) is 4.50. The van der Waals surface area contributed by atoms with Crippen LogP contribution in [-0.4, -0.2) is 27.8 Å². The average Bonchev–Trinajstić information content (AvgIpc) is 2.27. The van der Waals surface area contributed by atoms with Crippen LogP contribution in [-0.2, 0) is 15.3 Å². The first-order valence-corrected chi connectivity index (χ1v) is 4.50. The van der Waals surface area contributed by atoms with Crippen LogP contribution in [0.5, 0.6) is 0 Å². The molecule has 0 amide bonds. The first kappa shape index (κ1) is 11.2. The molecule has 0 unspecified atom stereocenters. The molecule has 0 fully saturated rings. The zero-order chi connectivity index (χ0) is 10.4. The highest BCUT2D eigenvalue weighted by Crippen LogP contribution is 2.24. The maximum atomic E-state index is 5.40. The van der Waals surface area contributed by atoms with Gasteiger partial charge >= 0.3 is 0 Å². The highest BCUT2D eigenvalue weighted by molar-refractivity contribution is 5.20. The number of likely N-dealkylation sites (N-methyl/N-ethyl adjacent to an activating group) is 1. The van der Waals surface area contributed by atoms with Crippen molar-refractivity contribution in [2.24, 2.45) is 0 Å². The lowest BCUT2D eigenvalue weighted by Gasteiger charge is -2.30. The van der Waals surface area contributed by atoms with Crippen molar-refractivity contribution in [1.29, 1.82) is 0 Å². The van der Waals surface area contributed by atoms with E-state index in [0.29, 0.717) is 6.54 Å². The summed E-state index contributed by atoms with van der Waals surface area (Å²) in [5, 5.41) is 4.08. The van der Waals surface area contributed by atoms with Crippen LogP contribution in [0, 0.1) is 0 Å². The molecule has 0 bridgehead atoms. The van der Waals surface area contributed by atoms with E-state index in [1.165, 1.54) is 0 Å². The molecule has 14 heavy (non-hydrogen) atoms. The summed E-state index contributed by atoms with van der Waals surface area (Å²) in [6, 6.07) is 9.81. The van der Waals surface area contributed by atoms with Crippen LogP contribution < -0.4 is 5.32 Å². The van der Waals surface area contributed by atoms with Gasteiger partial charge in [0.1, 0.15) is 0 Å². The molecule has 0 aliphatic rings. The highest BCUT2D eigenvalue weighted by Gasteiger charge is 2.31.